The number of hydrogen-bond donors (Lipinski definition) is 2. The summed E-state index contributed by atoms with van der Waals surface area (Å²) in [5, 5.41) is 5.05. The van der Waals surface area contributed by atoms with E-state index in [2.05, 4.69) is 17.2 Å². The van der Waals surface area contributed by atoms with Crippen molar-refractivity contribution in [2.24, 2.45) is 0 Å². The highest BCUT2D eigenvalue weighted by Crippen LogP contribution is 2.28. The third-order valence-electron chi connectivity index (χ3n) is 3.54. The van der Waals surface area contributed by atoms with Gasteiger partial charge in [-0.2, -0.15) is 0 Å². The fourth-order valence-electron chi connectivity index (χ4n) is 2.40. The number of anilines is 2. The molecule has 1 aliphatic heterocycles. The molecule has 1 fully saturated rings. The Morgan fingerprint density at radius 2 is 1.81 bits per heavy atom. The van der Waals surface area contributed by atoms with E-state index in [1.165, 1.54) is 32.2 Å². The molecule has 27 heavy (non-hydrogen) atoms. The molecular weight excluding hydrogens is 356 g/mol. The largest absolute Gasteiger partial charge is 0.495 e. The lowest BCUT2D eigenvalue weighted by atomic mass is 10.2. The van der Waals surface area contributed by atoms with Gasteiger partial charge in [0.15, 0.2) is 0 Å². The number of carbonyl (C=O) groups excluding carboxylic acids is 5. The molecule has 6 amide bonds. The van der Waals surface area contributed by atoms with E-state index >= 15 is 0 Å². The molecule has 0 radical (unpaired) electrons. The SMILES string of the molecule is C=CCN1C(=O)C(=O)N(CC(=O)Nc2cc(NC(C)=O)ccc2OC)C1=O. The van der Waals surface area contributed by atoms with Gasteiger partial charge in [-0.05, 0) is 18.2 Å². The minimum Gasteiger partial charge on any atom is -0.495 e. The van der Waals surface area contributed by atoms with Gasteiger partial charge in [-0.1, -0.05) is 6.08 Å². The maximum absolute atomic E-state index is 12.3. The number of imide groups is 2. The number of amides is 6. The van der Waals surface area contributed by atoms with Crippen LogP contribution in [0.2, 0.25) is 0 Å². The maximum atomic E-state index is 12.3. The summed E-state index contributed by atoms with van der Waals surface area (Å²) in [6.07, 6.45) is 1.30. The van der Waals surface area contributed by atoms with E-state index in [-0.39, 0.29) is 18.1 Å². The molecule has 0 bridgehead atoms. The van der Waals surface area contributed by atoms with Crippen LogP contribution < -0.4 is 15.4 Å². The van der Waals surface area contributed by atoms with Crippen molar-refractivity contribution in [3.8, 4) is 5.75 Å². The zero-order valence-electron chi connectivity index (χ0n) is 14.8. The lowest BCUT2D eigenvalue weighted by Crippen LogP contribution is -2.39. The molecule has 0 aromatic heterocycles. The van der Waals surface area contributed by atoms with Crippen LogP contribution in [0.15, 0.2) is 30.9 Å². The summed E-state index contributed by atoms with van der Waals surface area (Å²) in [7, 11) is 1.39. The third-order valence-corrected chi connectivity index (χ3v) is 3.54. The molecule has 2 rings (SSSR count). The van der Waals surface area contributed by atoms with Crippen LogP contribution in [0.4, 0.5) is 16.2 Å². The van der Waals surface area contributed by atoms with Crippen LogP contribution in [0.1, 0.15) is 6.92 Å². The van der Waals surface area contributed by atoms with Crippen LogP contribution >= 0.6 is 0 Å². The van der Waals surface area contributed by atoms with Crippen LogP contribution in [0.3, 0.4) is 0 Å². The van der Waals surface area contributed by atoms with E-state index in [1.807, 2.05) is 0 Å². The standard InChI is InChI=1S/C17H18N4O6/c1-4-7-20-15(24)16(25)21(17(20)26)9-14(23)19-12-8-11(18-10(2)22)5-6-13(12)27-3/h4-6,8H,1,7,9H2,2-3H3,(H,18,22)(H,19,23). The van der Waals surface area contributed by atoms with E-state index < -0.39 is 30.3 Å². The highest BCUT2D eigenvalue weighted by molar-refractivity contribution is 6.45. The molecule has 10 heteroatoms. The molecule has 1 saturated heterocycles. The minimum absolute atomic E-state index is 0.131. The lowest BCUT2D eigenvalue weighted by Gasteiger charge is -2.16. The van der Waals surface area contributed by atoms with Gasteiger partial charge in [-0.3, -0.25) is 24.1 Å². The second kappa shape index (κ2) is 8.13. The zero-order valence-corrected chi connectivity index (χ0v) is 14.8. The van der Waals surface area contributed by atoms with E-state index in [9.17, 15) is 24.0 Å². The van der Waals surface area contributed by atoms with E-state index in [1.54, 1.807) is 6.07 Å². The fraction of sp³-hybridized carbons (Fsp3) is 0.235. The Bertz CT molecular complexity index is 835. The lowest BCUT2D eigenvalue weighted by molar-refractivity contribution is -0.143. The molecule has 1 aromatic carbocycles. The van der Waals surface area contributed by atoms with Crippen molar-refractivity contribution in [2.75, 3.05) is 30.8 Å². The Morgan fingerprint density at radius 1 is 1.15 bits per heavy atom. The van der Waals surface area contributed by atoms with Gasteiger partial charge in [0.2, 0.25) is 11.8 Å². The van der Waals surface area contributed by atoms with Gasteiger partial charge in [0.1, 0.15) is 12.3 Å². The number of hydrogen-bond acceptors (Lipinski definition) is 6. The van der Waals surface area contributed by atoms with E-state index in [0.717, 1.165) is 0 Å². The number of methoxy groups -OCH3 is 1. The Balaban J connectivity index is 2.14. The van der Waals surface area contributed by atoms with Crippen molar-refractivity contribution < 1.29 is 28.7 Å². The highest BCUT2D eigenvalue weighted by atomic mass is 16.5. The van der Waals surface area contributed by atoms with Gasteiger partial charge in [0.05, 0.1) is 12.8 Å². The van der Waals surface area contributed by atoms with Gasteiger partial charge in [0.25, 0.3) is 0 Å². The maximum Gasteiger partial charge on any atom is 0.335 e. The third kappa shape index (κ3) is 4.29. The van der Waals surface area contributed by atoms with Gasteiger partial charge in [-0.25, -0.2) is 9.69 Å². The number of nitrogens with zero attached hydrogens (tertiary/aromatic N) is 2. The number of benzene rings is 1. The first-order valence-electron chi connectivity index (χ1n) is 7.82. The second-order valence-electron chi connectivity index (χ2n) is 5.52. The van der Waals surface area contributed by atoms with Crippen molar-refractivity contribution in [1.29, 1.82) is 0 Å². The molecule has 142 valence electrons. The van der Waals surface area contributed by atoms with Crippen LogP contribution in [0, 0.1) is 0 Å². The number of ether oxygens (including phenoxy) is 1. The first-order valence-corrected chi connectivity index (χ1v) is 7.82. The Kier molecular flexibility index (Phi) is 5.91. The molecule has 2 N–H and O–H groups in total. The zero-order chi connectivity index (χ0) is 20.1. The summed E-state index contributed by atoms with van der Waals surface area (Å²) in [6, 6.07) is 3.68. The Labute approximate surface area is 154 Å². The molecule has 0 unspecified atom stereocenters. The van der Waals surface area contributed by atoms with Gasteiger partial charge < -0.3 is 15.4 Å². The smallest absolute Gasteiger partial charge is 0.335 e. The molecular formula is C17H18N4O6. The van der Waals surface area contributed by atoms with Crippen molar-refractivity contribution in [3.63, 3.8) is 0 Å². The molecule has 1 aliphatic rings. The number of rotatable bonds is 7. The Morgan fingerprint density at radius 3 is 2.41 bits per heavy atom. The highest BCUT2D eigenvalue weighted by Gasteiger charge is 2.44. The average Bonchev–Trinajstić information content (AvgIpc) is 2.80. The van der Waals surface area contributed by atoms with Crippen LogP contribution in [-0.4, -0.2) is 59.7 Å². The normalized spacial score (nSPS) is 13.6. The summed E-state index contributed by atoms with van der Waals surface area (Å²) in [5.74, 6) is -2.82. The first kappa shape index (κ1) is 19.6. The fourth-order valence-corrected chi connectivity index (χ4v) is 2.40. The second-order valence-corrected chi connectivity index (χ2v) is 5.52. The van der Waals surface area contributed by atoms with Gasteiger partial charge >= 0.3 is 17.8 Å². The summed E-state index contributed by atoms with van der Waals surface area (Å²) in [6.45, 7) is 3.96. The molecule has 0 aliphatic carbocycles. The molecule has 0 spiro atoms. The van der Waals surface area contributed by atoms with E-state index in [0.29, 0.717) is 21.2 Å². The minimum atomic E-state index is -1.09. The monoisotopic (exact) mass is 374 g/mol. The van der Waals surface area contributed by atoms with Crippen LogP contribution in [0.5, 0.6) is 5.75 Å². The van der Waals surface area contributed by atoms with Crippen molar-refractivity contribution in [3.05, 3.63) is 30.9 Å². The molecule has 1 aromatic rings. The number of nitrogens with one attached hydrogen (secondary N) is 2. The molecule has 0 atom stereocenters. The van der Waals surface area contributed by atoms with Gasteiger partial charge in [0, 0.05) is 19.2 Å². The Hall–Kier alpha value is -3.69. The summed E-state index contributed by atoms with van der Waals surface area (Å²) < 4.78 is 5.14. The average molecular weight is 374 g/mol. The molecule has 0 saturated carbocycles. The van der Waals surface area contributed by atoms with Crippen LogP contribution in [-0.2, 0) is 19.2 Å². The van der Waals surface area contributed by atoms with Crippen LogP contribution in [0.25, 0.3) is 0 Å². The molecule has 1 heterocycles. The first-order chi connectivity index (χ1) is 12.8. The van der Waals surface area contributed by atoms with Crippen molar-refractivity contribution in [2.45, 2.75) is 6.92 Å². The number of urea groups is 1. The topological polar surface area (TPSA) is 125 Å². The van der Waals surface area contributed by atoms with E-state index in [4.69, 9.17) is 4.74 Å². The summed E-state index contributed by atoms with van der Waals surface area (Å²) in [4.78, 5) is 60.5. The predicted octanol–water partition coefficient (Wildman–Crippen LogP) is 0.569. The van der Waals surface area contributed by atoms with Crippen molar-refractivity contribution in [1.82, 2.24) is 9.80 Å². The molecule has 10 nitrogen and oxygen atoms in total. The predicted molar refractivity (Wildman–Crippen MR) is 94.9 cm³/mol. The summed E-state index contributed by atoms with van der Waals surface area (Å²) >= 11 is 0. The van der Waals surface area contributed by atoms with Gasteiger partial charge in [-0.15, -0.1) is 6.58 Å². The quantitative estimate of drug-likeness (QED) is 0.408. The van der Waals surface area contributed by atoms with Crippen molar-refractivity contribution >= 4 is 41.0 Å². The summed E-state index contributed by atoms with van der Waals surface area (Å²) in [5.41, 5.74) is 0.640. The number of carbonyl (C=O) groups is 5.